The van der Waals surface area contributed by atoms with E-state index >= 15 is 0 Å². The standard InChI is InChI=1S/C13H17ClN2O5S/c1-21-12-3-2-10(8-11(12)14)22(19,20)16-6-4-9(5-7-16)15-13(17)18/h2-3,8-9,15H,4-7H2,1H3,(H,17,18). The van der Waals surface area contributed by atoms with Crippen LogP contribution in [0.15, 0.2) is 23.1 Å². The number of amides is 1. The molecule has 1 aliphatic heterocycles. The SMILES string of the molecule is COc1ccc(S(=O)(=O)N2CCC(NC(=O)O)CC2)cc1Cl. The van der Waals surface area contributed by atoms with Crippen LogP contribution in [0, 0.1) is 0 Å². The third-order valence-electron chi connectivity index (χ3n) is 3.54. The number of carboxylic acid groups (broad SMARTS) is 1. The molecule has 1 saturated heterocycles. The Hall–Kier alpha value is -1.51. The summed E-state index contributed by atoms with van der Waals surface area (Å²) in [4.78, 5) is 10.7. The minimum Gasteiger partial charge on any atom is -0.495 e. The van der Waals surface area contributed by atoms with Crippen molar-refractivity contribution < 1.29 is 23.1 Å². The Bertz CT molecular complexity index is 656. The van der Waals surface area contributed by atoms with Crippen molar-refractivity contribution in [1.82, 2.24) is 9.62 Å². The third-order valence-corrected chi connectivity index (χ3v) is 5.73. The maximum absolute atomic E-state index is 12.6. The average Bonchev–Trinajstić information content (AvgIpc) is 2.47. The first-order valence-corrected chi connectivity index (χ1v) is 8.49. The molecule has 0 aliphatic carbocycles. The second-order valence-electron chi connectivity index (χ2n) is 4.92. The van der Waals surface area contributed by atoms with Gasteiger partial charge in [-0.05, 0) is 31.0 Å². The Morgan fingerprint density at radius 2 is 2.05 bits per heavy atom. The van der Waals surface area contributed by atoms with E-state index in [9.17, 15) is 13.2 Å². The van der Waals surface area contributed by atoms with E-state index in [0.717, 1.165) is 0 Å². The highest BCUT2D eigenvalue weighted by Crippen LogP contribution is 2.29. The maximum Gasteiger partial charge on any atom is 0.404 e. The fraction of sp³-hybridized carbons (Fsp3) is 0.462. The molecule has 0 atom stereocenters. The van der Waals surface area contributed by atoms with Crippen LogP contribution in [-0.2, 0) is 10.0 Å². The van der Waals surface area contributed by atoms with E-state index < -0.39 is 16.1 Å². The predicted octanol–water partition coefficient (Wildman–Crippen LogP) is 1.77. The molecule has 1 aliphatic rings. The third kappa shape index (κ3) is 3.63. The van der Waals surface area contributed by atoms with Gasteiger partial charge in [0.2, 0.25) is 10.0 Å². The monoisotopic (exact) mass is 348 g/mol. The predicted molar refractivity (Wildman–Crippen MR) is 80.9 cm³/mol. The molecule has 1 amide bonds. The number of carbonyl (C=O) groups is 1. The molecule has 0 spiro atoms. The number of hydrogen-bond acceptors (Lipinski definition) is 4. The zero-order valence-corrected chi connectivity index (χ0v) is 13.5. The van der Waals surface area contributed by atoms with Gasteiger partial charge < -0.3 is 15.2 Å². The molecule has 0 aromatic heterocycles. The number of nitrogens with zero attached hydrogens (tertiary/aromatic N) is 1. The first-order valence-electron chi connectivity index (χ1n) is 6.67. The van der Waals surface area contributed by atoms with Gasteiger partial charge in [-0.15, -0.1) is 0 Å². The topological polar surface area (TPSA) is 95.9 Å². The number of piperidine rings is 1. The van der Waals surface area contributed by atoms with Crippen LogP contribution in [0.5, 0.6) is 5.75 Å². The molecule has 0 saturated carbocycles. The van der Waals surface area contributed by atoms with E-state index in [1.807, 2.05) is 0 Å². The van der Waals surface area contributed by atoms with Gasteiger partial charge in [0.25, 0.3) is 0 Å². The molecule has 22 heavy (non-hydrogen) atoms. The number of hydrogen-bond donors (Lipinski definition) is 2. The quantitative estimate of drug-likeness (QED) is 0.864. The lowest BCUT2D eigenvalue weighted by atomic mass is 10.1. The summed E-state index contributed by atoms with van der Waals surface area (Å²) in [5.41, 5.74) is 0. The lowest BCUT2D eigenvalue weighted by Crippen LogP contribution is -2.46. The van der Waals surface area contributed by atoms with Crippen molar-refractivity contribution in [2.45, 2.75) is 23.8 Å². The molecule has 1 heterocycles. The molecule has 122 valence electrons. The normalized spacial score (nSPS) is 17.2. The zero-order valence-electron chi connectivity index (χ0n) is 12.0. The highest BCUT2D eigenvalue weighted by atomic mass is 35.5. The summed E-state index contributed by atoms with van der Waals surface area (Å²) in [6.07, 6.45) is -0.214. The molecule has 0 radical (unpaired) electrons. The van der Waals surface area contributed by atoms with Gasteiger partial charge >= 0.3 is 6.09 Å². The number of sulfonamides is 1. The van der Waals surface area contributed by atoms with Crippen LogP contribution in [-0.4, -0.2) is 50.2 Å². The van der Waals surface area contributed by atoms with Gasteiger partial charge in [-0.1, -0.05) is 11.6 Å². The fourth-order valence-corrected chi connectivity index (χ4v) is 4.19. The Balaban J connectivity index is 2.11. The number of rotatable bonds is 4. The van der Waals surface area contributed by atoms with E-state index in [0.29, 0.717) is 18.6 Å². The summed E-state index contributed by atoms with van der Waals surface area (Å²) in [5.74, 6) is 0.407. The Morgan fingerprint density at radius 1 is 1.41 bits per heavy atom. The van der Waals surface area contributed by atoms with E-state index in [-0.39, 0.29) is 29.0 Å². The first-order chi connectivity index (χ1) is 10.3. The Morgan fingerprint density at radius 3 is 2.55 bits per heavy atom. The van der Waals surface area contributed by atoms with E-state index in [4.69, 9.17) is 21.4 Å². The Labute approximate surface area is 133 Å². The first kappa shape index (κ1) is 16.9. The molecule has 7 nitrogen and oxygen atoms in total. The molecular formula is C13H17ClN2O5S. The summed E-state index contributed by atoms with van der Waals surface area (Å²) >= 11 is 5.97. The minimum absolute atomic E-state index is 0.0999. The van der Waals surface area contributed by atoms with Crippen LogP contribution in [0.2, 0.25) is 5.02 Å². The van der Waals surface area contributed by atoms with Crippen molar-refractivity contribution in [1.29, 1.82) is 0 Å². The highest BCUT2D eigenvalue weighted by molar-refractivity contribution is 7.89. The number of methoxy groups -OCH3 is 1. The smallest absolute Gasteiger partial charge is 0.404 e. The fourth-order valence-electron chi connectivity index (χ4n) is 2.37. The van der Waals surface area contributed by atoms with Crippen molar-refractivity contribution in [3.8, 4) is 5.75 Å². The van der Waals surface area contributed by atoms with E-state index in [1.54, 1.807) is 0 Å². The van der Waals surface area contributed by atoms with E-state index in [1.165, 1.54) is 29.6 Å². The highest BCUT2D eigenvalue weighted by Gasteiger charge is 2.30. The molecule has 2 rings (SSSR count). The second-order valence-corrected chi connectivity index (χ2v) is 7.27. The van der Waals surface area contributed by atoms with Gasteiger partial charge in [0, 0.05) is 19.1 Å². The molecule has 9 heteroatoms. The summed E-state index contributed by atoms with van der Waals surface area (Å²) < 4.78 is 31.5. The van der Waals surface area contributed by atoms with Crippen molar-refractivity contribution in [3.63, 3.8) is 0 Å². The van der Waals surface area contributed by atoms with Crippen LogP contribution < -0.4 is 10.1 Å². The number of ether oxygens (including phenoxy) is 1. The van der Waals surface area contributed by atoms with Crippen molar-refractivity contribution >= 4 is 27.7 Å². The van der Waals surface area contributed by atoms with E-state index in [2.05, 4.69) is 5.32 Å². The second kappa shape index (κ2) is 6.72. The van der Waals surface area contributed by atoms with Crippen LogP contribution >= 0.6 is 11.6 Å². The van der Waals surface area contributed by atoms with Crippen molar-refractivity contribution in [3.05, 3.63) is 23.2 Å². The number of nitrogens with one attached hydrogen (secondary N) is 1. The zero-order chi connectivity index (χ0) is 16.3. The lowest BCUT2D eigenvalue weighted by molar-refractivity contribution is 0.183. The summed E-state index contributed by atoms with van der Waals surface area (Å²) in [6, 6.07) is 4.09. The van der Waals surface area contributed by atoms with Gasteiger partial charge in [0.05, 0.1) is 17.0 Å². The molecule has 1 fully saturated rings. The molecule has 2 N–H and O–H groups in total. The summed E-state index contributed by atoms with van der Waals surface area (Å²) in [5, 5.41) is 11.3. The lowest BCUT2D eigenvalue weighted by Gasteiger charge is -2.31. The number of benzene rings is 1. The molecule has 0 bridgehead atoms. The van der Waals surface area contributed by atoms with Gasteiger partial charge in [-0.25, -0.2) is 13.2 Å². The average molecular weight is 349 g/mol. The number of halogens is 1. The molecule has 0 unspecified atom stereocenters. The van der Waals surface area contributed by atoms with Crippen molar-refractivity contribution in [2.75, 3.05) is 20.2 Å². The van der Waals surface area contributed by atoms with Crippen LogP contribution in [0.4, 0.5) is 4.79 Å². The van der Waals surface area contributed by atoms with Crippen LogP contribution in [0.1, 0.15) is 12.8 Å². The molecular weight excluding hydrogens is 332 g/mol. The van der Waals surface area contributed by atoms with Gasteiger partial charge in [0.1, 0.15) is 5.75 Å². The minimum atomic E-state index is -3.64. The van der Waals surface area contributed by atoms with Gasteiger partial charge in [-0.3, -0.25) is 0 Å². The Kier molecular flexibility index (Phi) is 5.15. The summed E-state index contributed by atoms with van der Waals surface area (Å²) in [7, 11) is -2.19. The van der Waals surface area contributed by atoms with Crippen molar-refractivity contribution in [2.24, 2.45) is 0 Å². The van der Waals surface area contributed by atoms with Crippen LogP contribution in [0.25, 0.3) is 0 Å². The summed E-state index contributed by atoms with van der Waals surface area (Å²) in [6.45, 7) is 0.522. The largest absolute Gasteiger partial charge is 0.495 e. The molecule has 1 aromatic carbocycles. The van der Waals surface area contributed by atoms with Gasteiger partial charge in [-0.2, -0.15) is 4.31 Å². The van der Waals surface area contributed by atoms with Gasteiger partial charge in [0.15, 0.2) is 0 Å². The molecule has 1 aromatic rings. The van der Waals surface area contributed by atoms with Crippen LogP contribution in [0.3, 0.4) is 0 Å². The maximum atomic E-state index is 12.6.